The SMILES string of the molecule is CC(C)(C)OC(=O)NCCCNC(c1nn2ccc(Cl)c2c(=O)n1Cc1ccccc1)C1CC1. The third-order valence-electron chi connectivity index (χ3n) is 5.69. The molecule has 2 heterocycles. The van der Waals surface area contributed by atoms with Crippen LogP contribution in [0.5, 0.6) is 0 Å². The van der Waals surface area contributed by atoms with Crippen molar-refractivity contribution in [2.24, 2.45) is 5.92 Å². The normalized spacial score (nSPS) is 14.8. The fourth-order valence-electron chi connectivity index (χ4n) is 3.98. The van der Waals surface area contributed by atoms with Gasteiger partial charge >= 0.3 is 6.09 Å². The maximum absolute atomic E-state index is 13.5. The molecule has 0 radical (unpaired) electrons. The molecule has 4 rings (SSSR count). The summed E-state index contributed by atoms with van der Waals surface area (Å²) in [5, 5.41) is 11.6. The summed E-state index contributed by atoms with van der Waals surface area (Å²) in [6.07, 6.45) is 4.20. The van der Waals surface area contributed by atoms with E-state index >= 15 is 0 Å². The number of carbonyl (C=O) groups excluding carboxylic acids is 1. The van der Waals surface area contributed by atoms with Gasteiger partial charge in [0.25, 0.3) is 5.56 Å². The summed E-state index contributed by atoms with van der Waals surface area (Å²) in [6.45, 7) is 7.10. The molecule has 3 aromatic rings. The van der Waals surface area contributed by atoms with Crippen LogP contribution in [0.1, 0.15) is 57.5 Å². The highest BCUT2D eigenvalue weighted by Gasteiger charge is 2.35. The van der Waals surface area contributed by atoms with Gasteiger partial charge in [-0.2, -0.15) is 5.10 Å². The number of nitrogens with one attached hydrogen (secondary N) is 2. The van der Waals surface area contributed by atoms with Crippen LogP contribution in [0.25, 0.3) is 5.52 Å². The van der Waals surface area contributed by atoms with Crippen molar-refractivity contribution in [3.63, 3.8) is 0 Å². The fourth-order valence-corrected chi connectivity index (χ4v) is 4.20. The molecule has 2 aromatic heterocycles. The van der Waals surface area contributed by atoms with Crippen molar-refractivity contribution < 1.29 is 9.53 Å². The van der Waals surface area contributed by atoms with Gasteiger partial charge in [0.2, 0.25) is 0 Å². The zero-order chi connectivity index (χ0) is 24.3. The van der Waals surface area contributed by atoms with Crippen LogP contribution >= 0.6 is 11.6 Å². The van der Waals surface area contributed by atoms with Crippen LogP contribution in [0, 0.1) is 5.92 Å². The van der Waals surface area contributed by atoms with Crippen molar-refractivity contribution in [1.82, 2.24) is 24.8 Å². The van der Waals surface area contributed by atoms with Crippen molar-refractivity contribution in [3.8, 4) is 0 Å². The first-order valence-corrected chi connectivity index (χ1v) is 12.1. The Hall–Kier alpha value is -2.84. The summed E-state index contributed by atoms with van der Waals surface area (Å²) < 4.78 is 8.61. The Morgan fingerprint density at radius 3 is 2.62 bits per heavy atom. The lowest BCUT2D eigenvalue weighted by Gasteiger charge is -2.23. The number of nitrogens with zero attached hydrogens (tertiary/aromatic N) is 3. The van der Waals surface area contributed by atoms with Gasteiger partial charge in [-0.15, -0.1) is 0 Å². The second kappa shape index (κ2) is 10.2. The Labute approximate surface area is 204 Å². The summed E-state index contributed by atoms with van der Waals surface area (Å²) in [4.78, 5) is 25.3. The Balaban J connectivity index is 1.52. The predicted octanol–water partition coefficient (Wildman–Crippen LogP) is 4.15. The molecule has 2 N–H and O–H groups in total. The van der Waals surface area contributed by atoms with E-state index in [-0.39, 0.29) is 11.6 Å². The number of alkyl carbamates (subject to hydrolysis) is 1. The Morgan fingerprint density at radius 1 is 1.21 bits per heavy atom. The van der Waals surface area contributed by atoms with E-state index in [0.29, 0.717) is 41.9 Å². The number of rotatable bonds is 9. The molecule has 1 fully saturated rings. The number of benzene rings is 1. The fraction of sp³-hybridized carbons (Fsp3) is 0.480. The van der Waals surface area contributed by atoms with Crippen LogP contribution in [0.3, 0.4) is 0 Å². The summed E-state index contributed by atoms with van der Waals surface area (Å²) in [5.74, 6) is 1.12. The standard InChI is InChI=1S/C25H32ClN5O3/c1-25(2,3)34-24(33)28-14-7-13-27-20(18-10-11-18)22-29-31-15-12-19(26)21(31)23(32)30(22)16-17-8-5-4-6-9-17/h4-6,8-9,12,15,18,20,27H,7,10-11,13-14,16H2,1-3H3,(H,28,33). The molecular formula is C25H32ClN5O3. The smallest absolute Gasteiger partial charge is 0.407 e. The second-order valence-corrected chi connectivity index (χ2v) is 10.2. The first kappa shape index (κ1) is 24.3. The van der Waals surface area contributed by atoms with E-state index in [1.807, 2.05) is 51.1 Å². The zero-order valence-corrected chi connectivity index (χ0v) is 20.6. The van der Waals surface area contributed by atoms with Gasteiger partial charge in [0, 0.05) is 12.7 Å². The molecule has 182 valence electrons. The lowest BCUT2D eigenvalue weighted by atomic mass is 10.1. The van der Waals surface area contributed by atoms with E-state index in [0.717, 1.165) is 24.8 Å². The molecule has 1 saturated carbocycles. The average molecular weight is 486 g/mol. The quantitative estimate of drug-likeness (QED) is 0.444. The minimum Gasteiger partial charge on any atom is -0.444 e. The molecule has 1 aliphatic carbocycles. The first-order valence-electron chi connectivity index (χ1n) is 11.7. The molecule has 1 unspecified atom stereocenters. The van der Waals surface area contributed by atoms with Gasteiger partial charge in [-0.05, 0) is 64.1 Å². The van der Waals surface area contributed by atoms with E-state index < -0.39 is 11.7 Å². The highest BCUT2D eigenvalue weighted by atomic mass is 35.5. The van der Waals surface area contributed by atoms with Crippen molar-refractivity contribution in [1.29, 1.82) is 0 Å². The second-order valence-electron chi connectivity index (χ2n) is 9.74. The van der Waals surface area contributed by atoms with Gasteiger partial charge in [-0.1, -0.05) is 41.9 Å². The monoisotopic (exact) mass is 485 g/mol. The maximum atomic E-state index is 13.5. The van der Waals surface area contributed by atoms with Crippen LogP contribution in [-0.4, -0.2) is 39.0 Å². The Morgan fingerprint density at radius 2 is 1.94 bits per heavy atom. The maximum Gasteiger partial charge on any atom is 0.407 e. The number of halogens is 1. The van der Waals surface area contributed by atoms with Gasteiger partial charge in [0.1, 0.15) is 11.1 Å². The van der Waals surface area contributed by atoms with Crippen LogP contribution in [-0.2, 0) is 11.3 Å². The molecule has 0 aliphatic heterocycles. The average Bonchev–Trinajstić information content (AvgIpc) is 3.54. The summed E-state index contributed by atoms with van der Waals surface area (Å²) in [7, 11) is 0. The van der Waals surface area contributed by atoms with Crippen molar-refractivity contribution in [3.05, 3.63) is 69.4 Å². The lowest BCUT2D eigenvalue weighted by Crippen LogP contribution is -2.37. The molecule has 0 saturated heterocycles. The molecule has 9 heteroatoms. The van der Waals surface area contributed by atoms with Crippen molar-refractivity contribution in [2.75, 3.05) is 13.1 Å². The largest absolute Gasteiger partial charge is 0.444 e. The van der Waals surface area contributed by atoms with Gasteiger partial charge in [-0.3, -0.25) is 9.36 Å². The first-order chi connectivity index (χ1) is 16.2. The van der Waals surface area contributed by atoms with E-state index in [9.17, 15) is 9.59 Å². The molecule has 8 nitrogen and oxygen atoms in total. The molecule has 1 aromatic carbocycles. The molecular weight excluding hydrogens is 454 g/mol. The van der Waals surface area contributed by atoms with Crippen LogP contribution in [0.2, 0.25) is 5.02 Å². The summed E-state index contributed by atoms with van der Waals surface area (Å²) in [5.41, 5.74) is 0.740. The predicted molar refractivity (Wildman–Crippen MR) is 132 cm³/mol. The van der Waals surface area contributed by atoms with Crippen LogP contribution < -0.4 is 16.2 Å². The summed E-state index contributed by atoms with van der Waals surface area (Å²) >= 11 is 6.31. The molecule has 1 aliphatic rings. The van der Waals surface area contributed by atoms with Gasteiger partial charge in [0.15, 0.2) is 5.82 Å². The topological polar surface area (TPSA) is 89.7 Å². The Kier molecular flexibility index (Phi) is 7.28. The molecule has 0 bridgehead atoms. The highest BCUT2D eigenvalue weighted by Crippen LogP contribution is 2.40. The van der Waals surface area contributed by atoms with Crippen LogP contribution in [0.4, 0.5) is 4.79 Å². The zero-order valence-electron chi connectivity index (χ0n) is 19.9. The van der Waals surface area contributed by atoms with Gasteiger partial charge < -0.3 is 15.4 Å². The Bertz CT molecular complexity index is 1190. The van der Waals surface area contributed by atoms with E-state index in [4.69, 9.17) is 21.4 Å². The van der Waals surface area contributed by atoms with Gasteiger partial charge in [-0.25, -0.2) is 9.31 Å². The van der Waals surface area contributed by atoms with Crippen LogP contribution in [0.15, 0.2) is 47.4 Å². The van der Waals surface area contributed by atoms with E-state index in [2.05, 4.69) is 10.6 Å². The molecule has 1 atom stereocenters. The highest BCUT2D eigenvalue weighted by molar-refractivity contribution is 6.33. The van der Waals surface area contributed by atoms with E-state index in [1.54, 1.807) is 21.3 Å². The molecule has 1 amide bonds. The molecule has 34 heavy (non-hydrogen) atoms. The number of ether oxygens (including phenoxy) is 1. The number of fused-ring (bicyclic) bond motifs is 1. The molecule has 0 spiro atoms. The number of amides is 1. The third kappa shape index (κ3) is 5.98. The minimum absolute atomic E-state index is 0.0662. The van der Waals surface area contributed by atoms with Crippen molar-refractivity contribution >= 4 is 23.2 Å². The van der Waals surface area contributed by atoms with Gasteiger partial charge in [0.05, 0.1) is 17.6 Å². The number of aromatic nitrogens is 3. The van der Waals surface area contributed by atoms with E-state index in [1.165, 1.54) is 0 Å². The number of carbonyl (C=O) groups is 1. The lowest BCUT2D eigenvalue weighted by molar-refractivity contribution is 0.0527. The van der Waals surface area contributed by atoms with Crippen molar-refractivity contribution in [2.45, 2.75) is 58.2 Å². The minimum atomic E-state index is -0.520. The number of hydrogen-bond donors (Lipinski definition) is 2. The number of hydrogen-bond acceptors (Lipinski definition) is 5. The summed E-state index contributed by atoms with van der Waals surface area (Å²) in [6, 6.07) is 11.5. The third-order valence-corrected chi connectivity index (χ3v) is 6.00.